The minimum absolute atomic E-state index is 0.0127. The number of carbonyl (C=O) groups excluding carboxylic acids is 1. The first-order valence-electron chi connectivity index (χ1n) is 8.94. The van der Waals surface area contributed by atoms with Crippen molar-refractivity contribution in [2.45, 2.75) is 19.6 Å². The summed E-state index contributed by atoms with van der Waals surface area (Å²) in [5.41, 5.74) is 2.15. The highest BCUT2D eigenvalue weighted by atomic mass is 16.6. The molecule has 1 atom stereocenters. The third kappa shape index (κ3) is 5.12. The molecule has 2 aromatic rings. The molecule has 2 aromatic carbocycles. The zero-order valence-corrected chi connectivity index (χ0v) is 15.3. The van der Waals surface area contributed by atoms with Crippen molar-refractivity contribution in [1.82, 2.24) is 10.2 Å². The molecule has 0 bridgehead atoms. The third-order valence-electron chi connectivity index (χ3n) is 4.62. The van der Waals surface area contributed by atoms with E-state index in [1.54, 1.807) is 6.92 Å². The molecule has 1 heterocycles. The van der Waals surface area contributed by atoms with Crippen LogP contribution in [0.5, 0.6) is 0 Å². The van der Waals surface area contributed by atoms with Crippen LogP contribution in [0.1, 0.15) is 21.5 Å². The van der Waals surface area contributed by atoms with E-state index in [1.165, 1.54) is 23.8 Å². The van der Waals surface area contributed by atoms with Gasteiger partial charge in [0.05, 0.1) is 17.6 Å². The van der Waals surface area contributed by atoms with E-state index in [9.17, 15) is 14.9 Å². The molecule has 1 unspecified atom stereocenters. The fourth-order valence-electron chi connectivity index (χ4n) is 3.20. The Labute approximate surface area is 158 Å². The summed E-state index contributed by atoms with van der Waals surface area (Å²) in [6, 6.07) is 14.6. The second-order valence-electron chi connectivity index (χ2n) is 6.68. The highest BCUT2D eigenvalue weighted by Crippen LogP contribution is 2.18. The molecule has 1 fully saturated rings. The van der Waals surface area contributed by atoms with Crippen molar-refractivity contribution in [2.75, 3.05) is 26.2 Å². The van der Waals surface area contributed by atoms with E-state index < -0.39 is 4.92 Å². The van der Waals surface area contributed by atoms with Crippen molar-refractivity contribution in [3.8, 4) is 0 Å². The van der Waals surface area contributed by atoms with Crippen LogP contribution in [-0.2, 0) is 11.3 Å². The maximum atomic E-state index is 12.3. The van der Waals surface area contributed by atoms with Gasteiger partial charge in [0.1, 0.15) is 0 Å². The molecule has 0 saturated carbocycles. The minimum atomic E-state index is -0.450. The van der Waals surface area contributed by atoms with Gasteiger partial charge in [0.15, 0.2) is 0 Å². The number of nitro benzene ring substituents is 1. The predicted octanol–water partition coefficient (Wildman–Crippen LogP) is 2.53. The van der Waals surface area contributed by atoms with Gasteiger partial charge in [-0.3, -0.25) is 19.8 Å². The first kappa shape index (κ1) is 19.0. The van der Waals surface area contributed by atoms with Crippen LogP contribution in [0.4, 0.5) is 5.69 Å². The zero-order valence-electron chi connectivity index (χ0n) is 15.3. The lowest BCUT2D eigenvalue weighted by atomic mass is 10.1. The number of aryl methyl sites for hydroxylation is 1. The molecule has 0 aliphatic carbocycles. The van der Waals surface area contributed by atoms with Crippen molar-refractivity contribution in [1.29, 1.82) is 0 Å². The molecule has 27 heavy (non-hydrogen) atoms. The van der Waals surface area contributed by atoms with E-state index in [4.69, 9.17) is 4.74 Å². The van der Waals surface area contributed by atoms with Gasteiger partial charge in [0.25, 0.3) is 11.6 Å². The van der Waals surface area contributed by atoms with Crippen molar-refractivity contribution < 1.29 is 14.5 Å². The summed E-state index contributed by atoms with van der Waals surface area (Å²) in [4.78, 5) is 25.1. The summed E-state index contributed by atoms with van der Waals surface area (Å²) < 4.78 is 5.76. The number of ether oxygens (including phenoxy) is 1. The quantitative estimate of drug-likeness (QED) is 0.625. The van der Waals surface area contributed by atoms with E-state index in [0.717, 1.165) is 19.6 Å². The number of benzene rings is 2. The Morgan fingerprint density at radius 3 is 2.78 bits per heavy atom. The van der Waals surface area contributed by atoms with E-state index >= 15 is 0 Å². The van der Waals surface area contributed by atoms with Gasteiger partial charge in [-0.1, -0.05) is 30.3 Å². The second-order valence-corrected chi connectivity index (χ2v) is 6.68. The third-order valence-corrected chi connectivity index (χ3v) is 4.62. The monoisotopic (exact) mass is 369 g/mol. The fraction of sp³-hybridized carbons (Fsp3) is 0.350. The van der Waals surface area contributed by atoms with E-state index in [1.807, 2.05) is 18.2 Å². The van der Waals surface area contributed by atoms with Crippen LogP contribution in [0.15, 0.2) is 48.5 Å². The summed E-state index contributed by atoms with van der Waals surface area (Å²) in [6.45, 7) is 5.12. The summed E-state index contributed by atoms with van der Waals surface area (Å²) in [5, 5.41) is 13.7. The molecule has 3 rings (SSSR count). The van der Waals surface area contributed by atoms with Crippen LogP contribution >= 0.6 is 0 Å². The van der Waals surface area contributed by atoms with Gasteiger partial charge >= 0.3 is 0 Å². The molecule has 1 aliphatic heterocycles. The van der Waals surface area contributed by atoms with Crippen LogP contribution in [0.2, 0.25) is 0 Å². The number of nitrogens with one attached hydrogen (secondary N) is 1. The highest BCUT2D eigenvalue weighted by Gasteiger charge is 2.21. The van der Waals surface area contributed by atoms with E-state index in [-0.39, 0.29) is 17.7 Å². The Bertz CT molecular complexity index is 810. The number of nitro groups is 1. The molecular formula is C20H23N3O4. The van der Waals surface area contributed by atoms with Gasteiger partial charge in [0.2, 0.25) is 0 Å². The molecular weight excluding hydrogens is 346 g/mol. The molecule has 1 saturated heterocycles. The molecule has 0 aromatic heterocycles. The first-order valence-corrected chi connectivity index (χ1v) is 8.94. The van der Waals surface area contributed by atoms with Crippen LogP contribution < -0.4 is 5.32 Å². The Kier molecular flexibility index (Phi) is 6.16. The van der Waals surface area contributed by atoms with E-state index in [2.05, 4.69) is 22.3 Å². The molecule has 142 valence electrons. The van der Waals surface area contributed by atoms with Gasteiger partial charge in [-0.15, -0.1) is 0 Å². The largest absolute Gasteiger partial charge is 0.374 e. The van der Waals surface area contributed by atoms with Crippen LogP contribution in [0.25, 0.3) is 0 Å². The number of hydrogen-bond donors (Lipinski definition) is 1. The highest BCUT2D eigenvalue weighted by molar-refractivity contribution is 5.94. The molecule has 1 aliphatic rings. The summed E-state index contributed by atoms with van der Waals surface area (Å²) in [6.07, 6.45) is -0.0782. The van der Waals surface area contributed by atoms with Gasteiger partial charge < -0.3 is 10.1 Å². The van der Waals surface area contributed by atoms with Crippen LogP contribution in [-0.4, -0.2) is 48.1 Å². The number of rotatable bonds is 6. The van der Waals surface area contributed by atoms with Crippen LogP contribution in [0, 0.1) is 17.0 Å². The van der Waals surface area contributed by atoms with Gasteiger partial charge in [-0.05, 0) is 24.6 Å². The van der Waals surface area contributed by atoms with Crippen molar-refractivity contribution in [3.05, 3.63) is 75.3 Å². The lowest BCUT2D eigenvalue weighted by molar-refractivity contribution is -0.385. The average molecular weight is 369 g/mol. The lowest BCUT2D eigenvalue weighted by Gasteiger charge is -2.33. The smallest absolute Gasteiger partial charge is 0.272 e. The first-order chi connectivity index (χ1) is 13.0. The van der Waals surface area contributed by atoms with Crippen LogP contribution in [0.3, 0.4) is 0 Å². The lowest BCUT2D eigenvalue weighted by Crippen LogP contribution is -2.47. The number of hydrogen-bond acceptors (Lipinski definition) is 5. The number of morpholine rings is 1. The summed E-state index contributed by atoms with van der Waals surface area (Å²) in [7, 11) is 0. The fourth-order valence-corrected chi connectivity index (χ4v) is 3.20. The van der Waals surface area contributed by atoms with Crippen molar-refractivity contribution in [3.63, 3.8) is 0 Å². The SMILES string of the molecule is Cc1cc(C(=O)NCC2CN(Cc3ccccc3)CCO2)ccc1[N+](=O)[O-]. The molecule has 0 spiro atoms. The average Bonchev–Trinajstić information content (AvgIpc) is 2.67. The Morgan fingerprint density at radius 2 is 2.07 bits per heavy atom. The second kappa shape index (κ2) is 8.75. The minimum Gasteiger partial charge on any atom is -0.374 e. The Morgan fingerprint density at radius 1 is 1.30 bits per heavy atom. The molecule has 1 N–H and O–H groups in total. The summed E-state index contributed by atoms with van der Waals surface area (Å²) in [5.74, 6) is -0.253. The molecule has 7 heteroatoms. The van der Waals surface area contributed by atoms with Crippen molar-refractivity contribution >= 4 is 11.6 Å². The topological polar surface area (TPSA) is 84.7 Å². The standard InChI is InChI=1S/C20H23N3O4/c1-15-11-17(7-8-19(15)23(25)26)20(24)21-12-18-14-22(9-10-27-18)13-16-5-3-2-4-6-16/h2-8,11,18H,9-10,12-14H2,1H3,(H,21,24). The zero-order chi connectivity index (χ0) is 19.2. The predicted molar refractivity (Wildman–Crippen MR) is 102 cm³/mol. The van der Waals surface area contributed by atoms with E-state index in [0.29, 0.717) is 24.3 Å². The van der Waals surface area contributed by atoms with Gasteiger partial charge in [0, 0.05) is 43.4 Å². The van der Waals surface area contributed by atoms with Crippen molar-refractivity contribution in [2.24, 2.45) is 0 Å². The molecule has 7 nitrogen and oxygen atoms in total. The number of carbonyl (C=O) groups is 1. The normalized spacial score (nSPS) is 17.4. The number of nitrogens with zero attached hydrogens (tertiary/aromatic N) is 2. The molecule has 1 amide bonds. The Balaban J connectivity index is 1.52. The summed E-state index contributed by atoms with van der Waals surface area (Å²) >= 11 is 0. The Hall–Kier alpha value is -2.77. The maximum Gasteiger partial charge on any atom is 0.272 e. The van der Waals surface area contributed by atoms with Gasteiger partial charge in [-0.25, -0.2) is 0 Å². The maximum absolute atomic E-state index is 12.3. The number of amides is 1. The molecule has 0 radical (unpaired) electrons. The van der Waals surface area contributed by atoms with Gasteiger partial charge in [-0.2, -0.15) is 0 Å².